The fraction of sp³-hybridized carbons (Fsp3) is 0.783. The second-order valence-corrected chi connectivity index (χ2v) is 8.26. The Morgan fingerprint density at radius 2 is 0.774 bits per heavy atom. The average Bonchev–Trinajstić information content (AvgIpc) is 3.26. The minimum Gasteiger partial charge on any atom is -0.662 e. The SMILES string of the molecule is CCC[N-]CCC.CCC[N-]CCC.CCC[N-]CCC.F[Si](F)(F)[c-]1cccc1.[Zr+4]. The van der Waals surface area contributed by atoms with Crippen LogP contribution in [0.1, 0.15) is 80.1 Å². The van der Waals surface area contributed by atoms with E-state index in [1.54, 1.807) is 0 Å². The van der Waals surface area contributed by atoms with Gasteiger partial charge in [0.1, 0.15) is 0 Å². The van der Waals surface area contributed by atoms with Crippen LogP contribution in [0.2, 0.25) is 0 Å². The Bertz CT molecular complexity index is 356. The molecule has 1 aromatic carbocycles. The topological polar surface area (TPSA) is 42.3 Å². The summed E-state index contributed by atoms with van der Waals surface area (Å²) in [6.45, 7) is 19.2. The molecule has 0 saturated carbocycles. The molecule has 0 saturated heterocycles. The Morgan fingerprint density at radius 3 is 0.903 bits per heavy atom. The van der Waals surface area contributed by atoms with Gasteiger partial charge >= 0.3 is 35.3 Å². The van der Waals surface area contributed by atoms with E-state index < -0.39 is 14.3 Å². The zero-order chi connectivity index (χ0) is 23.5. The predicted molar refractivity (Wildman–Crippen MR) is 132 cm³/mol. The van der Waals surface area contributed by atoms with Gasteiger partial charge in [-0.15, -0.1) is 39.3 Å². The number of halogens is 3. The molecular weight excluding hydrogens is 495 g/mol. The van der Waals surface area contributed by atoms with E-state index >= 15 is 0 Å². The maximum Gasteiger partial charge on any atom is 4.00 e. The van der Waals surface area contributed by atoms with Crippen LogP contribution >= 0.6 is 0 Å². The van der Waals surface area contributed by atoms with E-state index in [-0.39, 0.29) is 26.2 Å². The van der Waals surface area contributed by atoms with Crippen LogP contribution in [0.4, 0.5) is 12.3 Å². The molecule has 0 amide bonds. The first-order chi connectivity index (χ1) is 14.3. The van der Waals surface area contributed by atoms with Gasteiger partial charge in [-0.25, -0.2) is 24.5 Å². The molecule has 0 bridgehead atoms. The molecule has 0 atom stereocenters. The van der Waals surface area contributed by atoms with Crippen molar-refractivity contribution in [1.29, 1.82) is 0 Å². The average molecular weight is 541 g/mol. The van der Waals surface area contributed by atoms with Crippen LogP contribution in [0, 0.1) is 0 Å². The Hall–Kier alpha value is 0.120. The van der Waals surface area contributed by atoms with Gasteiger partial charge in [0.25, 0.3) is 0 Å². The van der Waals surface area contributed by atoms with Gasteiger partial charge < -0.3 is 16.0 Å². The van der Waals surface area contributed by atoms with Gasteiger partial charge in [0.2, 0.25) is 0 Å². The van der Waals surface area contributed by atoms with Crippen LogP contribution in [-0.4, -0.2) is 48.3 Å². The fourth-order valence-corrected chi connectivity index (χ4v) is 2.42. The van der Waals surface area contributed by atoms with Gasteiger partial charge in [-0.3, -0.25) is 0 Å². The molecule has 31 heavy (non-hydrogen) atoms. The van der Waals surface area contributed by atoms with Crippen LogP contribution in [0.25, 0.3) is 16.0 Å². The molecular formula is C23H46F3N3SiZr. The zero-order valence-corrected chi connectivity index (χ0v) is 24.2. The van der Waals surface area contributed by atoms with Crippen molar-refractivity contribution in [3.8, 4) is 0 Å². The van der Waals surface area contributed by atoms with Crippen LogP contribution in [-0.2, 0) is 26.2 Å². The van der Waals surface area contributed by atoms with Crippen molar-refractivity contribution < 1.29 is 38.5 Å². The molecule has 3 nitrogen and oxygen atoms in total. The van der Waals surface area contributed by atoms with E-state index in [9.17, 15) is 12.3 Å². The van der Waals surface area contributed by atoms with Crippen LogP contribution in [0.3, 0.4) is 0 Å². The Morgan fingerprint density at radius 1 is 0.548 bits per heavy atom. The van der Waals surface area contributed by atoms with Crippen LogP contribution in [0.15, 0.2) is 24.3 Å². The number of hydrogen-bond acceptors (Lipinski definition) is 0. The quantitative estimate of drug-likeness (QED) is 0.105. The largest absolute Gasteiger partial charge is 4.00 e. The number of nitrogens with zero attached hydrogens (tertiary/aromatic N) is 3. The first kappa shape index (κ1) is 38.4. The maximum absolute atomic E-state index is 11.8. The van der Waals surface area contributed by atoms with Crippen molar-refractivity contribution in [2.75, 3.05) is 39.3 Å². The van der Waals surface area contributed by atoms with Crippen molar-refractivity contribution in [3.05, 3.63) is 40.2 Å². The smallest absolute Gasteiger partial charge is 0.662 e. The van der Waals surface area contributed by atoms with Gasteiger partial charge in [-0.2, -0.15) is 12.1 Å². The summed E-state index contributed by atoms with van der Waals surface area (Å²) in [5.41, 5.74) is 0. The van der Waals surface area contributed by atoms with E-state index in [4.69, 9.17) is 0 Å². The fourth-order valence-electron chi connectivity index (χ4n) is 1.85. The molecule has 0 radical (unpaired) electrons. The first-order valence-electron chi connectivity index (χ1n) is 11.5. The summed E-state index contributed by atoms with van der Waals surface area (Å²) in [5.74, 6) is 0. The summed E-state index contributed by atoms with van der Waals surface area (Å²) < 4.78 is 35.3. The van der Waals surface area contributed by atoms with Crippen molar-refractivity contribution >= 4 is 14.3 Å². The Labute approximate surface area is 211 Å². The monoisotopic (exact) mass is 539 g/mol. The predicted octanol–water partition coefficient (Wildman–Crippen LogP) is 8.00. The molecule has 0 aliphatic carbocycles. The van der Waals surface area contributed by atoms with Gasteiger partial charge in [-0.1, -0.05) is 85.3 Å². The molecule has 0 heterocycles. The molecule has 8 heteroatoms. The number of rotatable bonds is 13. The number of hydrogen-bond donors (Lipinski definition) is 0. The molecule has 0 unspecified atom stereocenters. The summed E-state index contributed by atoms with van der Waals surface area (Å²) in [5, 5.41) is 12.2. The molecule has 1 rings (SSSR count). The first-order valence-corrected chi connectivity index (χ1v) is 13.2. The molecule has 0 fully saturated rings. The normalized spacial score (nSPS) is 9.84. The minimum absolute atomic E-state index is 0. The van der Waals surface area contributed by atoms with Crippen molar-refractivity contribution in [2.24, 2.45) is 0 Å². The van der Waals surface area contributed by atoms with Crippen LogP contribution in [0.5, 0.6) is 0 Å². The van der Waals surface area contributed by atoms with E-state index in [2.05, 4.69) is 57.5 Å². The molecule has 182 valence electrons. The van der Waals surface area contributed by atoms with Gasteiger partial charge in [0.15, 0.2) is 0 Å². The second kappa shape index (κ2) is 32.3. The van der Waals surface area contributed by atoms with Gasteiger partial charge in [0, 0.05) is 0 Å². The molecule has 1 aromatic rings. The van der Waals surface area contributed by atoms with Crippen molar-refractivity contribution in [2.45, 2.75) is 80.1 Å². The third-order valence-corrected chi connectivity index (χ3v) is 4.27. The third kappa shape index (κ3) is 37.7. The van der Waals surface area contributed by atoms with Crippen molar-refractivity contribution in [3.63, 3.8) is 0 Å². The molecule has 0 spiro atoms. The second-order valence-electron chi connectivity index (χ2n) is 6.68. The standard InChI is InChI=1S/3C6H14N.C5H4F3Si.Zr/c3*1-3-5-7-6-4-2;6-9(7,8)5-3-1-2-4-5;/h3*3-6H2,1-2H3;1-4H;/q4*-1;+4. The summed E-state index contributed by atoms with van der Waals surface area (Å²) in [4.78, 5) is 0. The maximum atomic E-state index is 11.8. The summed E-state index contributed by atoms with van der Waals surface area (Å²) in [6, 6.07) is 5.00. The van der Waals surface area contributed by atoms with E-state index in [1.807, 2.05) is 0 Å². The third-order valence-electron chi connectivity index (χ3n) is 3.28. The van der Waals surface area contributed by atoms with Gasteiger partial charge in [-0.05, 0) is 0 Å². The summed E-state index contributed by atoms with van der Waals surface area (Å²) in [6.07, 6.45) is 7.17. The van der Waals surface area contributed by atoms with Crippen molar-refractivity contribution in [1.82, 2.24) is 0 Å². The van der Waals surface area contributed by atoms with Gasteiger partial charge in [0.05, 0.1) is 0 Å². The molecule has 0 N–H and O–H groups in total. The van der Waals surface area contributed by atoms with E-state index in [0.29, 0.717) is 0 Å². The molecule has 0 aliphatic rings. The molecule has 0 aliphatic heterocycles. The van der Waals surface area contributed by atoms with E-state index in [0.717, 1.165) is 51.4 Å². The Kier molecular flexibility index (Phi) is 40.0. The molecule has 0 aromatic heterocycles. The summed E-state index contributed by atoms with van der Waals surface area (Å²) in [7, 11) is -5.48. The Balaban J connectivity index is -0.000000156. The van der Waals surface area contributed by atoms with Crippen LogP contribution < -0.4 is 5.19 Å². The minimum atomic E-state index is -5.48. The van der Waals surface area contributed by atoms with E-state index in [1.165, 1.54) is 50.7 Å². The summed E-state index contributed by atoms with van der Waals surface area (Å²) >= 11 is 0. The zero-order valence-electron chi connectivity index (χ0n) is 20.8.